The van der Waals surface area contributed by atoms with Gasteiger partial charge in [0.25, 0.3) is 0 Å². The summed E-state index contributed by atoms with van der Waals surface area (Å²) in [5, 5.41) is 0. The van der Waals surface area contributed by atoms with E-state index in [-0.39, 0.29) is 24.9 Å². The third kappa shape index (κ3) is 3.51. The maximum absolute atomic E-state index is 11.7. The van der Waals surface area contributed by atoms with Gasteiger partial charge < -0.3 is 9.47 Å². The van der Waals surface area contributed by atoms with Gasteiger partial charge in [-0.2, -0.15) is 0 Å². The molecule has 0 amide bonds. The lowest BCUT2D eigenvalue weighted by atomic mass is 10.1. The van der Waals surface area contributed by atoms with Crippen LogP contribution >= 0.6 is 0 Å². The standard InChI is InChI=1S/C15H16O4/c1-2-18-15(17)14-13(16)10-12(19-14)9-8-11-6-4-3-5-7-11/h3-9,12,14H,2,10H2,1H3/b9-8+. The second-order valence-corrected chi connectivity index (χ2v) is 4.25. The SMILES string of the molecule is CCOC(=O)C1OC(/C=C/c2ccccc2)CC1=O. The first kappa shape index (κ1) is 13.5. The number of ether oxygens (including phenoxy) is 2. The molecule has 0 bridgehead atoms. The molecule has 0 spiro atoms. The molecule has 0 aromatic heterocycles. The number of esters is 1. The summed E-state index contributed by atoms with van der Waals surface area (Å²) < 4.78 is 10.2. The van der Waals surface area contributed by atoms with Crippen molar-refractivity contribution >= 4 is 17.8 Å². The molecule has 1 aromatic rings. The fourth-order valence-corrected chi connectivity index (χ4v) is 1.91. The Morgan fingerprint density at radius 2 is 2.16 bits per heavy atom. The fraction of sp³-hybridized carbons (Fsp3) is 0.333. The molecule has 1 fully saturated rings. The predicted molar refractivity (Wildman–Crippen MR) is 70.4 cm³/mol. The van der Waals surface area contributed by atoms with E-state index in [2.05, 4.69) is 0 Å². The smallest absolute Gasteiger partial charge is 0.343 e. The molecule has 2 unspecified atom stereocenters. The molecule has 4 nitrogen and oxygen atoms in total. The third-order valence-corrected chi connectivity index (χ3v) is 2.81. The first-order valence-electron chi connectivity index (χ1n) is 6.28. The molecule has 0 saturated carbocycles. The van der Waals surface area contributed by atoms with Crippen LogP contribution in [0.1, 0.15) is 18.9 Å². The van der Waals surface area contributed by atoms with Crippen LogP contribution in [0.25, 0.3) is 6.08 Å². The topological polar surface area (TPSA) is 52.6 Å². The third-order valence-electron chi connectivity index (χ3n) is 2.81. The van der Waals surface area contributed by atoms with Gasteiger partial charge in [0.2, 0.25) is 6.10 Å². The summed E-state index contributed by atoms with van der Waals surface area (Å²) in [4.78, 5) is 23.1. The highest BCUT2D eigenvalue weighted by Gasteiger charge is 2.38. The molecule has 1 heterocycles. The van der Waals surface area contributed by atoms with Crippen molar-refractivity contribution in [3.8, 4) is 0 Å². The zero-order valence-electron chi connectivity index (χ0n) is 10.7. The summed E-state index contributed by atoms with van der Waals surface area (Å²) in [6.07, 6.45) is 2.47. The van der Waals surface area contributed by atoms with Crippen LogP contribution in [0, 0.1) is 0 Å². The first-order valence-corrected chi connectivity index (χ1v) is 6.28. The van der Waals surface area contributed by atoms with Gasteiger partial charge in [0.05, 0.1) is 12.7 Å². The molecular weight excluding hydrogens is 244 g/mol. The Morgan fingerprint density at radius 3 is 2.84 bits per heavy atom. The minimum absolute atomic E-state index is 0.215. The Morgan fingerprint density at radius 1 is 1.42 bits per heavy atom. The number of carbonyl (C=O) groups excluding carboxylic acids is 2. The highest BCUT2D eigenvalue weighted by atomic mass is 16.6. The minimum Gasteiger partial charge on any atom is -0.464 e. The lowest BCUT2D eigenvalue weighted by Crippen LogP contribution is -2.29. The zero-order valence-corrected chi connectivity index (χ0v) is 10.7. The van der Waals surface area contributed by atoms with Crippen molar-refractivity contribution in [2.75, 3.05) is 6.61 Å². The Labute approximate surface area is 112 Å². The quantitative estimate of drug-likeness (QED) is 0.613. The first-order chi connectivity index (χ1) is 9.20. The van der Waals surface area contributed by atoms with Crippen LogP contribution in [-0.2, 0) is 19.1 Å². The molecule has 0 aliphatic carbocycles. The number of rotatable bonds is 4. The van der Waals surface area contributed by atoms with E-state index in [0.717, 1.165) is 5.56 Å². The van der Waals surface area contributed by atoms with Crippen molar-refractivity contribution in [2.45, 2.75) is 25.6 Å². The summed E-state index contributed by atoms with van der Waals surface area (Å²) in [7, 11) is 0. The number of hydrogen-bond acceptors (Lipinski definition) is 4. The van der Waals surface area contributed by atoms with E-state index in [1.807, 2.05) is 36.4 Å². The van der Waals surface area contributed by atoms with Crippen molar-refractivity contribution in [1.29, 1.82) is 0 Å². The lowest BCUT2D eigenvalue weighted by Gasteiger charge is -2.08. The molecule has 0 N–H and O–H groups in total. The van der Waals surface area contributed by atoms with Crippen LogP contribution in [0.3, 0.4) is 0 Å². The molecule has 2 atom stereocenters. The van der Waals surface area contributed by atoms with E-state index in [1.165, 1.54) is 0 Å². The Bertz CT molecular complexity index is 478. The van der Waals surface area contributed by atoms with Crippen LogP contribution in [0.5, 0.6) is 0 Å². The van der Waals surface area contributed by atoms with Gasteiger partial charge in [0.1, 0.15) is 0 Å². The van der Waals surface area contributed by atoms with Gasteiger partial charge in [-0.25, -0.2) is 4.79 Å². The van der Waals surface area contributed by atoms with E-state index < -0.39 is 12.1 Å². The monoisotopic (exact) mass is 260 g/mol. The molecule has 19 heavy (non-hydrogen) atoms. The second kappa shape index (κ2) is 6.29. The van der Waals surface area contributed by atoms with E-state index in [1.54, 1.807) is 13.0 Å². The highest BCUT2D eigenvalue weighted by Crippen LogP contribution is 2.19. The van der Waals surface area contributed by atoms with Gasteiger partial charge in [-0.1, -0.05) is 42.5 Å². The molecule has 0 radical (unpaired) electrons. The number of carbonyl (C=O) groups is 2. The fourth-order valence-electron chi connectivity index (χ4n) is 1.91. The average Bonchev–Trinajstić information content (AvgIpc) is 2.79. The highest BCUT2D eigenvalue weighted by molar-refractivity contribution is 6.03. The largest absolute Gasteiger partial charge is 0.464 e. The van der Waals surface area contributed by atoms with Crippen LogP contribution in [0.2, 0.25) is 0 Å². The molecule has 1 aromatic carbocycles. The number of ketones is 1. The summed E-state index contributed by atoms with van der Waals surface area (Å²) in [6, 6.07) is 9.71. The predicted octanol–water partition coefficient (Wildman–Crippen LogP) is 1.99. The number of benzene rings is 1. The van der Waals surface area contributed by atoms with Gasteiger partial charge in [0.15, 0.2) is 5.78 Å². The van der Waals surface area contributed by atoms with E-state index in [9.17, 15) is 9.59 Å². The van der Waals surface area contributed by atoms with Crippen LogP contribution in [0.15, 0.2) is 36.4 Å². The van der Waals surface area contributed by atoms with Crippen molar-refractivity contribution in [2.24, 2.45) is 0 Å². The lowest BCUT2D eigenvalue weighted by molar-refractivity contribution is -0.157. The van der Waals surface area contributed by atoms with Crippen LogP contribution in [0.4, 0.5) is 0 Å². The Kier molecular flexibility index (Phi) is 4.47. The average molecular weight is 260 g/mol. The molecule has 1 aliphatic rings. The maximum atomic E-state index is 11.7. The van der Waals surface area contributed by atoms with E-state index in [0.29, 0.717) is 0 Å². The number of hydrogen-bond donors (Lipinski definition) is 0. The summed E-state index contributed by atoms with van der Waals surface area (Å²) in [5.74, 6) is -0.815. The second-order valence-electron chi connectivity index (χ2n) is 4.25. The Balaban J connectivity index is 1.96. The molecule has 100 valence electrons. The summed E-state index contributed by atoms with van der Waals surface area (Å²) in [6.45, 7) is 1.95. The molecule has 2 rings (SSSR count). The van der Waals surface area contributed by atoms with Gasteiger partial charge in [-0.3, -0.25) is 4.79 Å². The molecular formula is C15H16O4. The molecule has 1 saturated heterocycles. The molecule has 1 aliphatic heterocycles. The van der Waals surface area contributed by atoms with Crippen LogP contribution in [-0.4, -0.2) is 30.6 Å². The summed E-state index contributed by atoms with van der Waals surface area (Å²) in [5.41, 5.74) is 1.03. The van der Waals surface area contributed by atoms with Gasteiger partial charge >= 0.3 is 5.97 Å². The van der Waals surface area contributed by atoms with Gasteiger partial charge in [-0.05, 0) is 12.5 Å². The number of Topliss-reactive ketones (excluding diaryl/α,β-unsaturated/α-hetero) is 1. The minimum atomic E-state index is -1.06. The molecule has 4 heteroatoms. The van der Waals surface area contributed by atoms with Crippen molar-refractivity contribution in [3.63, 3.8) is 0 Å². The van der Waals surface area contributed by atoms with Gasteiger partial charge in [0, 0.05) is 6.42 Å². The summed E-state index contributed by atoms with van der Waals surface area (Å²) >= 11 is 0. The van der Waals surface area contributed by atoms with Crippen molar-refractivity contribution in [3.05, 3.63) is 42.0 Å². The zero-order chi connectivity index (χ0) is 13.7. The van der Waals surface area contributed by atoms with Crippen molar-refractivity contribution in [1.82, 2.24) is 0 Å². The maximum Gasteiger partial charge on any atom is 0.343 e. The van der Waals surface area contributed by atoms with Crippen LogP contribution < -0.4 is 0 Å². The van der Waals surface area contributed by atoms with E-state index in [4.69, 9.17) is 9.47 Å². The van der Waals surface area contributed by atoms with Gasteiger partial charge in [-0.15, -0.1) is 0 Å². The van der Waals surface area contributed by atoms with Crippen molar-refractivity contribution < 1.29 is 19.1 Å². The normalized spacial score (nSPS) is 22.9. The van der Waals surface area contributed by atoms with E-state index >= 15 is 0 Å². The Hall–Kier alpha value is -1.94.